The van der Waals surface area contributed by atoms with E-state index in [4.69, 9.17) is 0 Å². The van der Waals surface area contributed by atoms with E-state index in [2.05, 4.69) is 37.9 Å². The lowest BCUT2D eigenvalue weighted by atomic mass is 9.81. The first-order valence-electron chi connectivity index (χ1n) is 11.1. The Balaban J connectivity index is 1.62. The van der Waals surface area contributed by atoms with Gasteiger partial charge in [-0.1, -0.05) is 69.7 Å². The predicted octanol–water partition coefficient (Wildman–Crippen LogP) is 7.32. The molecule has 4 aromatic rings. The van der Waals surface area contributed by atoms with Crippen LogP contribution in [0.1, 0.15) is 60.7 Å². The Morgan fingerprint density at radius 2 is 1.75 bits per heavy atom. The van der Waals surface area contributed by atoms with Crippen molar-refractivity contribution in [2.45, 2.75) is 45.4 Å². The van der Waals surface area contributed by atoms with Crippen molar-refractivity contribution >= 4 is 16.9 Å². The van der Waals surface area contributed by atoms with Gasteiger partial charge in [-0.25, -0.2) is 9.18 Å². The molecule has 0 unspecified atom stereocenters. The molecule has 162 valence electrons. The van der Waals surface area contributed by atoms with E-state index in [1.54, 1.807) is 12.1 Å². The van der Waals surface area contributed by atoms with Crippen molar-refractivity contribution in [1.29, 1.82) is 0 Å². The lowest BCUT2D eigenvalue weighted by molar-refractivity contribution is 0.0696. The van der Waals surface area contributed by atoms with Gasteiger partial charge in [0.15, 0.2) is 5.82 Å². The molecule has 1 aromatic heterocycles. The van der Waals surface area contributed by atoms with E-state index in [1.165, 1.54) is 5.56 Å². The van der Waals surface area contributed by atoms with Crippen LogP contribution in [0.4, 0.5) is 4.39 Å². The third kappa shape index (κ3) is 2.97. The zero-order valence-corrected chi connectivity index (χ0v) is 18.6. The molecule has 2 N–H and O–H groups in total. The molecular formula is C28H26FNO2. The van der Waals surface area contributed by atoms with E-state index in [-0.39, 0.29) is 11.4 Å². The number of fused-ring (bicyclic) bond motifs is 5. The largest absolute Gasteiger partial charge is 0.478 e. The molecule has 3 aromatic carbocycles. The number of rotatable bonds is 5. The minimum absolute atomic E-state index is 0.252. The molecule has 5 rings (SSSR count). The number of aryl methyl sites for hydroxylation is 1. The fourth-order valence-electron chi connectivity index (χ4n) is 5.08. The van der Waals surface area contributed by atoms with Crippen molar-refractivity contribution in [2.75, 3.05) is 0 Å². The molecule has 0 saturated heterocycles. The Bertz CT molecular complexity index is 1360. The Morgan fingerprint density at radius 3 is 2.44 bits per heavy atom. The third-order valence-electron chi connectivity index (χ3n) is 6.83. The van der Waals surface area contributed by atoms with Gasteiger partial charge in [0, 0.05) is 21.9 Å². The van der Waals surface area contributed by atoms with Gasteiger partial charge in [-0.05, 0) is 47.2 Å². The van der Waals surface area contributed by atoms with Crippen molar-refractivity contribution in [3.8, 4) is 22.4 Å². The van der Waals surface area contributed by atoms with Crippen molar-refractivity contribution in [2.24, 2.45) is 0 Å². The summed E-state index contributed by atoms with van der Waals surface area (Å²) in [6.07, 6.45) is 3.35. The topological polar surface area (TPSA) is 53.1 Å². The van der Waals surface area contributed by atoms with Gasteiger partial charge in [0.25, 0.3) is 0 Å². The molecule has 0 aliphatic heterocycles. The quantitative estimate of drug-likeness (QED) is 0.350. The van der Waals surface area contributed by atoms with Crippen LogP contribution in [0.5, 0.6) is 0 Å². The maximum Gasteiger partial charge on any atom is 0.335 e. The van der Waals surface area contributed by atoms with E-state index in [9.17, 15) is 9.90 Å². The van der Waals surface area contributed by atoms with Gasteiger partial charge in [0.05, 0.1) is 16.8 Å². The molecular weight excluding hydrogens is 401 g/mol. The number of nitrogens with one attached hydrogen (secondary N) is 1. The van der Waals surface area contributed by atoms with Crippen molar-refractivity contribution in [3.63, 3.8) is 0 Å². The summed E-state index contributed by atoms with van der Waals surface area (Å²) in [7, 11) is 0. The summed E-state index contributed by atoms with van der Waals surface area (Å²) in [5.74, 6) is -1.20. The first-order chi connectivity index (χ1) is 15.3. The smallest absolute Gasteiger partial charge is 0.335 e. The van der Waals surface area contributed by atoms with Crippen LogP contribution in [0, 0.1) is 5.82 Å². The number of aromatic amines is 1. The van der Waals surface area contributed by atoms with Crippen LogP contribution in [-0.4, -0.2) is 16.1 Å². The van der Waals surface area contributed by atoms with Gasteiger partial charge < -0.3 is 10.1 Å². The minimum Gasteiger partial charge on any atom is -0.478 e. The molecule has 0 fully saturated rings. The van der Waals surface area contributed by atoms with E-state index in [0.29, 0.717) is 11.1 Å². The second-order valence-corrected chi connectivity index (χ2v) is 9.22. The second-order valence-electron chi connectivity index (χ2n) is 9.22. The monoisotopic (exact) mass is 427 g/mol. The van der Waals surface area contributed by atoms with E-state index >= 15 is 4.39 Å². The lowest BCUT2D eigenvalue weighted by Crippen LogP contribution is -2.15. The first-order valence-corrected chi connectivity index (χ1v) is 11.1. The molecule has 0 saturated carbocycles. The summed E-state index contributed by atoms with van der Waals surface area (Å²) in [6, 6.07) is 17.2. The zero-order chi connectivity index (χ0) is 22.6. The Labute approximate surface area is 186 Å². The molecule has 0 atom stereocenters. The van der Waals surface area contributed by atoms with Crippen molar-refractivity contribution in [3.05, 3.63) is 82.7 Å². The second kappa shape index (κ2) is 7.33. The van der Waals surface area contributed by atoms with E-state index in [1.807, 2.05) is 30.3 Å². The number of carboxylic acids is 1. The van der Waals surface area contributed by atoms with Gasteiger partial charge in [-0.15, -0.1) is 0 Å². The molecule has 4 heteroatoms. The van der Waals surface area contributed by atoms with Crippen LogP contribution in [-0.2, 0) is 11.8 Å². The fraction of sp³-hybridized carbons (Fsp3) is 0.250. The predicted molar refractivity (Wildman–Crippen MR) is 127 cm³/mol. The number of aromatic nitrogens is 1. The van der Waals surface area contributed by atoms with Crippen LogP contribution in [0.2, 0.25) is 0 Å². The van der Waals surface area contributed by atoms with Gasteiger partial charge in [0.2, 0.25) is 0 Å². The minimum atomic E-state index is -0.944. The fourth-order valence-corrected chi connectivity index (χ4v) is 5.08. The highest BCUT2D eigenvalue weighted by Crippen LogP contribution is 2.52. The number of hydrogen-bond donors (Lipinski definition) is 2. The van der Waals surface area contributed by atoms with Crippen LogP contribution in [0.25, 0.3) is 33.3 Å². The molecule has 0 radical (unpaired) electrons. The number of benzene rings is 3. The van der Waals surface area contributed by atoms with Crippen LogP contribution >= 0.6 is 0 Å². The number of H-pyrrole nitrogens is 1. The molecule has 0 spiro atoms. The average Bonchev–Trinajstić information content (AvgIpc) is 3.28. The molecule has 32 heavy (non-hydrogen) atoms. The summed E-state index contributed by atoms with van der Waals surface area (Å²) in [5.41, 5.74) is 6.85. The summed E-state index contributed by atoms with van der Waals surface area (Å²) in [4.78, 5) is 14.8. The molecule has 0 amide bonds. The third-order valence-corrected chi connectivity index (χ3v) is 6.83. The van der Waals surface area contributed by atoms with E-state index in [0.717, 1.165) is 52.6 Å². The number of hydrogen-bond acceptors (Lipinski definition) is 1. The van der Waals surface area contributed by atoms with Crippen LogP contribution in [0.15, 0.2) is 54.6 Å². The number of aromatic carboxylic acids is 1. The molecule has 1 aliphatic carbocycles. The number of unbranched alkanes of at least 4 members (excludes halogenated alkanes) is 1. The maximum absolute atomic E-state index is 15.7. The van der Waals surface area contributed by atoms with Gasteiger partial charge in [0.1, 0.15) is 0 Å². The lowest BCUT2D eigenvalue weighted by Gasteiger charge is -2.22. The molecule has 0 bridgehead atoms. The Kier molecular flexibility index (Phi) is 4.70. The maximum atomic E-state index is 15.7. The Morgan fingerprint density at radius 1 is 1.03 bits per heavy atom. The van der Waals surface area contributed by atoms with Crippen molar-refractivity contribution in [1.82, 2.24) is 4.98 Å². The summed E-state index contributed by atoms with van der Waals surface area (Å²) in [5, 5.41) is 10.2. The SMILES string of the molecule is CCCCc1ccc(-c2ccc3c4c([nH]c3c2F)-c2ccc(C(=O)O)cc2C4(C)C)cc1. The highest BCUT2D eigenvalue weighted by Gasteiger charge is 2.39. The van der Waals surface area contributed by atoms with Gasteiger partial charge in [-0.3, -0.25) is 0 Å². The normalized spacial score (nSPS) is 13.9. The van der Waals surface area contributed by atoms with Crippen LogP contribution in [0.3, 0.4) is 0 Å². The molecule has 1 aliphatic rings. The van der Waals surface area contributed by atoms with E-state index < -0.39 is 11.4 Å². The number of carbonyl (C=O) groups is 1. The highest BCUT2D eigenvalue weighted by atomic mass is 19.1. The van der Waals surface area contributed by atoms with Crippen molar-refractivity contribution < 1.29 is 14.3 Å². The first kappa shape index (κ1) is 20.5. The van der Waals surface area contributed by atoms with Crippen LogP contribution < -0.4 is 0 Å². The molecule has 3 nitrogen and oxygen atoms in total. The standard InChI is InChI=1S/C28H26FNO2/c1-4-5-6-16-7-9-17(10-8-16)19-13-14-21-23-25(30-26(21)24(19)29)20-12-11-18(27(31)32)15-22(20)28(23,2)3/h7-15,30H,4-6H2,1-3H3,(H,31,32). The zero-order valence-electron chi connectivity index (χ0n) is 18.6. The summed E-state index contributed by atoms with van der Waals surface area (Å²) < 4.78 is 15.7. The number of halogens is 1. The summed E-state index contributed by atoms with van der Waals surface area (Å²) in [6.45, 7) is 6.31. The summed E-state index contributed by atoms with van der Waals surface area (Å²) >= 11 is 0. The highest BCUT2D eigenvalue weighted by molar-refractivity contribution is 6.00. The van der Waals surface area contributed by atoms with Gasteiger partial charge in [-0.2, -0.15) is 0 Å². The average molecular weight is 428 g/mol. The van der Waals surface area contributed by atoms with Gasteiger partial charge >= 0.3 is 5.97 Å². The molecule has 1 heterocycles. The number of carboxylic acid groups (broad SMARTS) is 1. The Hall–Kier alpha value is -3.40.